The summed E-state index contributed by atoms with van der Waals surface area (Å²) in [4.78, 5) is 14.4. The second-order valence-corrected chi connectivity index (χ2v) is 10.9. The van der Waals surface area contributed by atoms with E-state index >= 15 is 0 Å². The average Bonchev–Trinajstić information content (AvgIpc) is 2.86. The summed E-state index contributed by atoms with van der Waals surface area (Å²) in [6.45, 7) is 10.5. The maximum Gasteiger partial charge on any atom is 0.416 e. The third-order valence-corrected chi connectivity index (χ3v) is 6.63. The molecule has 0 radical (unpaired) electrons. The molecule has 1 unspecified atom stereocenters. The zero-order valence-electron chi connectivity index (χ0n) is 22.6. The van der Waals surface area contributed by atoms with Crippen LogP contribution in [-0.4, -0.2) is 17.7 Å². The number of hydrogen-bond donors (Lipinski definition) is 0. The van der Waals surface area contributed by atoms with Gasteiger partial charge in [-0.05, 0) is 89.4 Å². The summed E-state index contributed by atoms with van der Waals surface area (Å²) >= 11 is 0. The van der Waals surface area contributed by atoms with E-state index < -0.39 is 11.7 Å². The molecule has 6 heteroatoms. The molecule has 0 saturated carbocycles. The number of halogens is 4. The Morgan fingerprint density at radius 3 is 1.97 bits per heavy atom. The van der Waals surface area contributed by atoms with E-state index in [4.69, 9.17) is 0 Å². The van der Waals surface area contributed by atoms with Crippen LogP contribution in [-0.2, 0) is 24.1 Å². The molecule has 0 aliphatic carbocycles. The number of hydrogen-bond acceptors (Lipinski definition) is 2. The normalized spacial score (nSPS) is 12.9. The molecule has 204 valence electrons. The van der Waals surface area contributed by atoms with Crippen LogP contribution < -0.4 is 0 Å². The van der Waals surface area contributed by atoms with Crippen molar-refractivity contribution in [2.24, 2.45) is 11.8 Å². The minimum atomic E-state index is -4.40. The van der Waals surface area contributed by atoms with Crippen LogP contribution in [0, 0.1) is 17.7 Å². The molecular weight excluding hydrogens is 490 g/mol. The lowest BCUT2D eigenvalue weighted by molar-refractivity contribution is -0.137. The smallest absolute Gasteiger partial charge is 0.303 e. The van der Waals surface area contributed by atoms with E-state index in [0.29, 0.717) is 36.9 Å². The van der Waals surface area contributed by atoms with Crippen molar-refractivity contribution in [1.29, 1.82) is 0 Å². The monoisotopic (exact) mass is 527 g/mol. The lowest BCUT2D eigenvalue weighted by Gasteiger charge is -2.25. The van der Waals surface area contributed by atoms with E-state index in [9.17, 15) is 22.4 Å². The summed E-state index contributed by atoms with van der Waals surface area (Å²) in [5.74, 6) is 0.237. The molecule has 0 heterocycles. The van der Waals surface area contributed by atoms with Crippen LogP contribution in [0.2, 0.25) is 0 Å². The number of nitrogens with zero attached hydrogens (tertiary/aromatic N) is 1. The Labute approximate surface area is 223 Å². The summed E-state index contributed by atoms with van der Waals surface area (Å²) in [6, 6.07) is 17.6. The summed E-state index contributed by atoms with van der Waals surface area (Å²) < 4.78 is 52.9. The Balaban J connectivity index is 1.99. The van der Waals surface area contributed by atoms with Gasteiger partial charge < -0.3 is 4.79 Å². The van der Waals surface area contributed by atoms with E-state index in [0.717, 1.165) is 53.6 Å². The van der Waals surface area contributed by atoms with E-state index in [1.807, 2.05) is 18.2 Å². The Morgan fingerprint density at radius 2 is 1.42 bits per heavy atom. The maximum absolute atomic E-state index is 13.5. The topological polar surface area (TPSA) is 20.3 Å². The first-order valence-corrected chi connectivity index (χ1v) is 13.2. The van der Waals surface area contributed by atoms with Gasteiger partial charge in [0, 0.05) is 19.0 Å². The molecule has 0 aliphatic rings. The minimum absolute atomic E-state index is 0.276. The highest BCUT2D eigenvalue weighted by Crippen LogP contribution is 2.33. The fourth-order valence-electron chi connectivity index (χ4n) is 4.58. The number of aldehydes is 1. The molecule has 2 nitrogen and oxygen atoms in total. The molecule has 38 heavy (non-hydrogen) atoms. The lowest BCUT2D eigenvalue weighted by Crippen LogP contribution is -2.25. The Hall–Kier alpha value is -2.99. The Morgan fingerprint density at radius 1 is 0.789 bits per heavy atom. The van der Waals surface area contributed by atoms with Crippen molar-refractivity contribution in [3.05, 3.63) is 94.8 Å². The van der Waals surface area contributed by atoms with Crippen molar-refractivity contribution in [2.75, 3.05) is 6.54 Å². The van der Waals surface area contributed by atoms with Crippen LogP contribution >= 0.6 is 0 Å². The highest BCUT2D eigenvalue weighted by Gasteiger charge is 2.30. The molecule has 0 amide bonds. The van der Waals surface area contributed by atoms with E-state index in [1.165, 1.54) is 24.3 Å². The van der Waals surface area contributed by atoms with Gasteiger partial charge in [0.2, 0.25) is 0 Å². The standard InChI is InChI=1S/C32H37F4NO/c1-22(2)13-14-37(19-24-5-11-31(33)12-6-24)20-25-16-27(18-28(17-25)29(21-38)15-23(3)4)26-7-9-30(10-8-26)32(34,35)36/h5-12,16-18,21-23,29H,13-15,19-20H2,1-4H3. The SMILES string of the molecule is CC(C)CCN(Cc1ccc(F)cc1)Cc1cc(-c2ccc(C(F)(F)F)cc2)cc(C(C=O)CC(C)C)c1. The number of carbonyl (C=O) groups excluding carboxylic acids is 1. The zero-order chi connectivity index (χ0) is 27.9. The molecule has 0 fully saturated rings. The van der Waals surface area contributed by atoms with Crippen LogP contribution in [0.15, 0.2) is 66.7 Å². The van der Waals surface area contributed by atoms with Crippen molar-refractivity contribution in [3.8, 4) is 11.1 Å². The number of carbonyl (C=O) groups is 1. The van der Waals surface area contributed by atoms with Gasteiger partial charge in [-0.15, -0.1) is 0 Å². The van der Waals surface area contributed by atoms with Gasteiger partial charge in [-0.3, -0.25) is 4.90 Å². The van der Waals surface area contributed by atoms with Crippen molar-refractivity contribution in [1.82, 2.24) is 4.90 Å². The third-order valence-electron chi connectivity index (χ3n) is 6.63. The average molecular weight is 528 g/mol. The van der Waals surface area contributed by atoms with Gasteiger partial charge in [0.05, 0.1) is 5.56 Å². The first-order valence-electron chi connectivity index (χ1n) is 13.2. The van der Waals surface area contributed by atoms with Crippen molar-refractivity contribution >= 4 is 6.29 Å². The van der Waals surface area contributed by atoms with Gasteiger partial charge in [-0.2, -0.15) is 13.2 Å². The number of benzene rings is 3. The second kappa shape index (κ2) is 13.2. The third kappa shape index (κ3) is 8.80. The van der Waals surface area contributed by atoms with Crippen LogP contribution in [0.1, 0.15) is 68.7 Å². The van der Waals surface area contributed by atoms with Gasteiger partial charge in [0.1, 0.15) is 12.1 Å². The lowest BCUT2D eigenvalue weighted by atomic mass is 9.88. The first kappa shape index (κ1) is 29.6. The molecule has 3 rings (SSSR count). The van der Waals surface area contributed by atoms with Crippen LogP contribution in [0.3, 0.4) is 0 Å². The second-order valence-electron chi connectivity index (χ2n) is 10.9. The highest BCUT2D eigenvalue weighted by atomic mass is 19.4. The molecule has 1 atom stereocenters. The van der Waals surface area contributed by atoms with Crippen LogP contribution in [0.5, 0.6) is 0 Å². The highest BCUT2D eigenvalue weighted by molar-refractivity contribution is 5.69. The molecular formula is C32H37F4NO. The fourth-order valence-corrected chi connectivity index (χ4v) is 4.58. The molecule has 3 aromatic carbocycles. The van der Waals surface area contributed by atoms with Crippen molar-refractivity contribution < 1.29 is 22.4 Å². The van der Waals surface area contributed by atoms with Crippen LogP contribution in [0.25, 0.3) is 11.1 Å². The number of rotatable bonds is 12. The van der Waals surface area contributed by atoms with E-state index in [1.54, 1.807) is 12.1 Å². The zero-order valence-corrected chi connectivity index (χ0v) is 22.6. The summed E-state index contributed by atoms with van der Waals surface area (Å²) in [5, 5.41) is 0. The minimum Gasteiger partial charge on any atom is -0.303 e. The predicted molar refractivity (Wildman–Crippen MR) is 145 cm³/mol. The molecule has 0 aromatic heterocycles. The maximum atomic E-state index is 13.5. The quantitative estimate of drug-likeness (QED) is 0.173. The molecule has 0 N–H and O–H groups in total. The van der Waals surface area contributed by atoms with Gasteiger partial charge in [0.25, 0.3) is 0 Å². The van der Waals surface area contributed by atoms with Crippen molar-refractivity contribution in [3.63, 3.8) is 0 Å². The summed E-state index contributed by atoms with van der Waals surface area (Å²) in [5.41, 5.74) is 3.61. The van der Waals surface area contributed by atoms with E-state index in [2.05, 4.69) is 32.6 Å². The Kier molecular flexibility index (Phi) is 10.3. The van der Waals surface area contributed by atoms with Gasteiger partial charge in [-0.1, -0.05) is 64.1 Å². The van der Waals surface area contributed by atoms with Gasteiger partial charge in [-0.25, -0.2) is 4.39 Å². The number of alkyl halides is 3. The molecule has 0 bridgehead atoms. The molecule has 0 spiro atoms. The van der Waals surface area contributed by atoms with E-state index in [-0.39, 0.29) is 11.7 Å². The first-order chi connectivity index (χ1) is 17.9. The Bertz CT molecular complexity index is 1170. The molecule has 0 saturated heterocycles. The largest absolute Gasteiger partial charge is 0.416 e. The molecule has 3 aromatic rings. The summed E-state index contributed by atoms with van der Waals surface area (Å²) in [7, 11) is 0. The van der Waals surface area contributed by atoms with Gasteiger partial charge in [0.15, 0.2) is 0 Å². The van der Waals surface area contributed by atoms with Gasteiger partial charge >= 0.3 is 6.18 Å². The summed E-state index contributed by atoms with van der Waals surface area (Å²) in [6.07, 6.45) is -1.77. The van der Waals surface area contributed by atoms with Crippen LogP contribution in [0.4, 0.5) is 17.6 Å². The van der Waals surface area contributed by atoms with Crippen molar-refractivity contribution in [2.45, 2.75) is 65.7 Å². The molecule has 0 aliphatic heterocycles. The fraction of sp³-hybridized carbons (Fsp3) is 0.406. The predicted octanol–water partition coefficient (Wildman–Crippen LogP) is 8.89.